The Morgan fingerprint density at radius 2 is 2.44 bits per heavy atom. The van der Waals surface area contributed by atoms with E-state index in [1.165, 1.54) is 24.5 Å². The number of hydrogen-bond donors (Lipinski definition) is 1. The number of rotatable bonds is 2. The summed E-state index contributed by atoms with van der Waals surface area (Å²) < 4.78 is 0. The highest BCUT2D eigenvalue weighted by atomic mass is 35.5. The van der Waals surface area contributed by atoms with E-state index < -0.39 is 0 Å². The summed E-state index contributed by atoms with van der Waals surface area (Å²) in [5, 5.41) is 3.20. The lowest BCUT2D eigenvalue weighted by Crippen LogP contribution is -2.17. The standard InChI is InChI=1S/C6H13NS.ClH/c1-7-4-6-2-3-8-5-6;/h6-7H,2-5H2,1H3;1H. The summed E-state index contributed by atoms with van der Waals surface area (Å²) in [6.07, 6.45) is 1.42. The van der Waals surface area contributed by atoms with Crippen molar-refractivity contribution in [2.45, 2.75) is 6.42 Å². The lowest BCUT2D eigenvalue weighted by molar-refractivity contribution is 0.557. The molecule has 0 bridgehead atoms. The molecule has 0 spiro atoms. The summed E-state index contributed by atoms with van der Waals surface area (Å²) in [4.78, 5) is 0. The first kappa shape index (κ1) is 9.60. The minimum Gasteiger partial charge on any atom is -0.319 e. The van der Waals surface area contributed by atoms with Gasteiger partial charge in [0.1, 0.15) is 0 Å². The van der Waals surface area contributed by atoms with Gasteiger partial charge < -0.3 is 5.32 Å². The number of halogens is 1. The number of hydrogen-bond acceptors (Lipinski definition) is 2. The van der Waals surface area contributed by atoms with Gasteiger partial charge in [0.25, 0.3) is 0 Å². The molecule has 0 aromatic heterocycles. The second-order valence-electron chi connectivity index (χ2n) is 2.29. The molecule has 9 heavy (non-hydrogen) atoms. The zero-order valence-corrected chi connectivity index (χ0v) is 7.36. The van der Waals surface area contributed by atoms with Gasteiger partial charge in [-0.05, 0) is 37.4 Å². The molecule has 1 N–H and O–H groups in total. The molecule has 1 fully saturated rings. The second kappa shape index (κ2) is 5.39. The van der Waals surface area contributed by atoms with Crippen LogP contribution in [0.25, 0.3) is 0 Å². The van der Waals surface area contributed by atoms with Crippen LogP contribution in [0.15, 0.2) is 0 Å². The fourth-order valence-electron chi connectivity index (χ4n) is 1.03. The second-order valence-corrected chi connectivity index (χ2v) is 3.44. The SMILES string of the molecule is CNCC1CCSC1.Cl. The summed E-state index contributed by atoms with van der Waals surface area (Å²) in [7, 11) is 2.03. The minimum atomic E-state index is 0. The van der Waals surface area contributed by atoms with Crippen LogP contribution in [0.2, 0.25) is 0 Å². The Balaban J connectivity index is 0.000000640. The van der Waals surface area contributed by atoms with Crippen molar-refractivity contribution >= 4 is 24.2 Å². The molecule has 1 heterocycles. The van der Waals surface area contributed by atoms with Crippen LogP contribution in [0.3, 0.4) is 0 Å². The molecule has 1 aliphatic rings. The molecule has 1 saturated heterocycles. The van der Waals surface area contributed by atoms with Gasteiger partial charge in [-0.15, -0.1) is 12.4 Å². The molecule has 0 amide bonds. The first-order chi connectivity index (χ1) is 3.93. The summed E-state index contributed by atoms with van der Waals surface area (Å²) >= 11 is 2.08. The van der Waals surface area contributed by atoms with E-state index in [4.69, 9.17) is 0 Å². The van der Waals surface area contributed by atoms with E-state index in [9.17, 15) is 0 Å². The van der Waals surface area contributed by atoms with Gasteiger partial charge in [-0.25, -0.2) is 0 Å². The molecule has 1 unspecified atom stereocenters. The van der Waals surface area contributed by atoms with Gasteiger partial charge in [-0.3, -0.25) is 0 Å². The smallest absolute Gasteiger partial charge is 0.00153 e. The fourth-order valence-corrected chi connectivity index (χ4v) is 2.32. The van der Waals surface area contributed by atoms with Crippen LogP contribution in [-0.4, -0.2) is 25.1 Å². The molecule has 1 nitrogen and oxygen atoms in total. The normalized spacial score (nSPS) is 25.7. The van der Waals surface area contributed by atoms with Crippen LogP contribution in [0.5, 0.6) is 0 Å². The van der Waals surface area contributed by atoms with E-state index in [0.717, 1.165) is 5.92 Å². The Kier molecular flexibility index (Phi) is 5.75. The lowest BCUT2D eigenvalue weighted by atomic mass is 10.1. The quantitative estimate of drug-likeness (QED) is 0.667. The molecule has 0 radical (unpaired) electrons. The fraction of sp³-hybridized carbons (Fsp3) is 1.00. The van der Waals surface area contributed by atoms with Gasteiger partial charge in [0.2, 0.25) is 0 Å². The molecule has 0 saturated carbocycles. The van der Waals surface area contributed by atoms with Crippen molar-refractivity contribution in [3.8, 4) is 0 Å². The highest BCUT2D eigenvalue weighted by molar-refractivity contribution is 7.99. The maximum absolute atomic E-state index is 3.20. The van der Waals surface area contributed by atoms with Gasteiger partial charge in [0, 0.05) is 0 Å². The van der Waals surface area contributed by atoms with E-state index in [1.807, 2.05) is 7.05 Å². The minimum absolute atomic E-state index is 0. The van der Waals surface area contributed by atoms with Crippen molar-refractivity contribution in [3.05, 3.63) is 0 Å². The monoisotopic (exact) mass is 167 g/mol. The third-order valence-electron chi connectivity index (χ3n) is 1.52. The van der Waals surface area contributed by atoms with Crippen molar-refractivity contribution < 1.29 is 0 Å². The molecule has 3 heteroatoms. The molecule has 1 atom stereocenters. The topological polar surface area (TPSA) is 12.0 Å². The van der Waals surface area contributed by atoms with Crippen LogP contribution in [0.1, 0.15) is 6.42 Å². The van der Waals surface area contributed by atoms with E-state index in [1.54, 1.807) is 0 Å². The van der Waals surface area contributed by atoms with Crippen molar-refractivity contribution in [3.63, 3.8) is 0 Å². The van der Waals surface area contributed by atoms with Crippen molar-refractivity contribution in [1.82, 2.24) is 5.32 Å². The Bertz CT molecular complexity index is 64.1. The summed E-state index contributed by atoms with van der Waals surface area (Å²) in [5.74, 6) is 3.72. The highest BCUT2D eigenvalue weighted by Crippen LogP contribution is 2.22. The molecule has 0 aromatic rings. The zero-order chi connectivity index (χ0) is 5.82. The molecule has 1 aliphatic heterocycles. The van der Waals surface area contributed by atoms with Crippen molar-refractivity contribution in [2.75, 3.05) is 25.1 Å². The summed E-state index contributed by atoms with van der Waals surface area (Å²) in [6.45, 7) is 1.22. The first-order valence-corrected chi connectivity index (χ1v) is 4.31. The Labute approximate surface area is 67.4 Å². The molecular weight excluding hydrogens is 154 g/mol. The number of nitrogens with one attached hydrogen (secondary N) is 1. The van der Waals surface area contributed by atoms with Gasteiger partial charge in [-0.2, -0.15) is 11.8 Å². The maximum Gasteiger partial charge on any atom is -0.00153 e. The molecule has 0 aromatic carbocycles. The van der Waals surface area contributed by atoms with Crippen LogP contribution in [-0.2, 0) is 0 Å². The third kappa shape index (κ3) is 3.33. The van der Waals surface area contributed by atoms with E-state index in [-0.39, 0.29) is 12.4 Å². The zero-order valence-electron chi connectivity index (χ0n) is 5.72. The molecule has 0 aliphatic carbocycles. The molecule has 1 rings (SSSR count). The van der Waals surface area contributed by atoms with Gasteiger partial charge in [-0.1, -0.05) is 0 Å². The van der Waals surface area contributed by atoms with Gasteiger partial charge in [0.15, 0.2) is 0 Å². The highest BCUT2D eigenvalue weighted by Gasteiger charge is 2.13. The average molecular weight is 168 g/mol. The Morgan fingerprint density at radius 3 is 2.89 bits per heavy atom. The van der Waals surface area contributed by atoms with Crippen LogP contribution < -0.4 is 5.32 Å². The van der Waals surface area contributed by atoms with Gasteiger partial charge in [0.05, 0.1) is 0 Å². The van der Waals surface area contributed by atoms with Crippen LogP contribution >= 0.6 is 24.2 Å². The predicted octanol–water partition coefficient (Wildman–Crippen LogP) is 1.38. The van der Waals surface area contributed by atoms with Gasteiger partial charge >= 0.3 is 0 Å². The number of thioether (sulfide) groups is 1. The van der Waals surface area contributed by atoms with E-state index in [0.29, 0.717) is 0 Å². The summed E-state index contributed by atoms with van der Waals surface area (Å²) in [6, 6.07) is 0. The molecule has 56 valence electrons. The molecular formula is C6H14ClNS. The largest absolute Gasteiger partial charge is 0.319 e. The summed E-state index contributed by atoms with van der Waals surface area (Å²) in [5.41, 5.74) is 0. The van der Waals surface area contributed by atoms with Crippen LogP contribution in [0, 0.1) is 5.92 Å². The van der Waals surface area contributed by atoms with Crippen LogP contribution in [0.4, 0.5) is 0 Å². The Hall–Kier alpha value is 0.600. The third-order valence-corrected chi connectivity index (χ3v) is 2.75. The first-order valence-electron chi connectivity index (χ1n) is 3.16. The van der Waals surface area contributed by atoms with E-state index in [2.05, 4.69) is 17.1 Å². The maximum atomic E-state index is 3.20. The average Bonchev–Trinajstić information content (AvgIpc) is 2.19. The van der Waals surface area contributed by atoms with Crippen molar-refractivity contribution in [1.29, 1.82) is 0 Å². The lowest BCUT2D eigenvalue weighted by Gasteiger charge is -2.03. The van der Waals surface area contributed by atoms with Crippen molar-refractivity contribution in [2.24, 2.45) is 5.92 Å². The Morgan fingerprint density at radius 1 is 1.67 bits per heavy atom. The predicted molar refractivity (Wildman–Crippen MR) is 46.6 cm³/mol. The van der Waals surface area contributed by atoms with E-state index >= 15 is 0 Å².